The standard InChI is InChI=1S/C12H16N2O2/c1-8(9-5-3-2-4-6-9)11(13)10-7-14-12(15)16-10/h2-6,8,10-11H,7,13H2,1H3,(H,14,15)/t8-,10?,11?/m0/s1. The van der Waals surface area contributed by atoms with Crippen molar-refractivity contribution in [3.63, 3.8) is 0 Å². The smallest absolute Gasteiger partial charge is 0.407 e. The average molecular weight is 220 g/mol. The van der Waals surface area contributed by atoms with Crippen LogP contribution >= 0.6 is 0 Å². The second-order valence-corrected chi connectivity index (χ2v) is 4.10. The summed E-state index contributed by atoms with van der Waals surface area (Å²) in [6.45, 7) is 2.54. The third-order valence-corrected chi connectivity index (χ3v) is 3.04. The predicted molar refractivity (Wildman–Crippen MR) is 61.1 cm³/mol. The molecule has 16 heavy (non-hydrogen) atoms. The van der Waals surface area contributed by atoms with Crippen molar-refractivity contribution in [2.24, 2.45) is 5.73 Å². The summed E-state index contributed by atoms with van der Waals surface area (Å²) in [5, 5.41) is 2.62. The molecule has 1 aliphatic rings. The highest BCUT2D eigenvalue weighted by molar-refractivity contribution is 5.69. The molecule has 1 aromatic rings. The van der Waals surface area contributed by atoms with E-state index in [0.717, 1.165) is 5.56 Å². The van der Waals surface area contributed by atoms with Crippen LogP contribution in [0.25, 0.3) is 0 Å². The first-order chi connectivity index (χ1) is 7.68. The van der Waals surface area contributed by atoms with Crippen LogP contribution in [0.4, 0.5) is 4.79 Å². The summed E-state index contributed by atoms with van der Waals surface area (Å²) in [5.41, 5.74) is 7.26. The second kappa shape index (κ2) is 4.53. The number of carbonyl (C=O) groups excluding carboxylic acids is 1. The van der Waals surface area contributed by atoms with Crippen molar-refractivity contribution in [1.82, 2.24) is 5.32 Å². The van der Waals surface area contributed by atoms with Crippen molar-refractivity contribution in [3.05, 3.63) is 35.9 Å². The van der Waals surface area contributed by atoms with E-state index >= 15 is 0 Å². The first kappa shape index (κ1) is 11.0. The molecule has 0 saturated carbocycles. The number of nitrogens with two attached hydrogens (primary N) is 1. The van der Waals surface area contributed by atoms with Gasteiger partial charge in [0.2, 0.25) is 0 Å². The van der Waals surface area contributed by atoms with E-state index in [1.165, 1.54) is 0 Å². The molecule has 0 radical (unpaired) electrons. The Morgan fingerprint density at radius 3 is 2.69 bits per heavy atom. The molecular weight excluding hydrogens is 204 g/mol. The van der Waals surface area contributed by atoms with Gasteiger partial charge in [-0.1, -0.05) is 37.3 Å². The molecule has 3 N–H and O–H groups in total. The van der Waals surface area contributed by atoms with Crippen LogP contribution < -0.4 is 11.1 Å². The van der Waals surface area contributed by atoms with Crippen molar-refractivity contribution in [2.75, 3.05) is 6.54 Å². The van der Waals surface area contributed by atoms with E-state index in [2.05, 4.69) is 5.32 Å². The number of cyclic esters (lactones) is 1. The van der Waals surface area contributed by atoms with Gasteiger partial charge in [0.1, 0.15) is 6.10 Å². The topological polar surface area (TPSA) is 64.3 Å². The van der Waals surface area contributed by atoms with Gasteiger partial charge >= 0.3 is 6.09 Å². The second-order valence-electron chi connectivity index (χ2n) is 4.10. The molecule has 4 nitrogen and oxygen atoms in total. The summed E-state index contributed by atoms with van der Waals surface area (Å²) >= 11 is 0. The minimum Gasteiger partial charge on any atom is -0.443 e. The largest absolute Gasteiger partial charge is 0.443 e. The third kappa shape index (κ3) is 2.17. The average Bonchev–Trinajstić information content (AvgIpc) is 2.75. The Kier molecular flexibility index (Phi) is 3.10. The Labute approximate surface area is 94.8 Å². The third-order valence-electron chi connectivity index (χ3n) is 3.04. The molecule has 0 bridgehead atoms. The van der Waals surface area contributed by atoms with Gasteiger partial charge in [-0.25, -0.2) is 4.79 Å². The minimum absolute atomic E-state index is 0.166. The number of carbonyl (C=O) groups is 1. The quantitative estimate of drug-likeness (QED) is 0.805. The van der Waals surface area contributed by atoms with Gasteiger partial charge in [-0.15, -0.1) is 0 Å². The molecule has 0 spiro atoms. The zero-order valence-electron chi connectivity index (χ0n) is 9.22. The molecule has 86 valence electrons. The molecule has 4 heteroatoms. The van der Waals surface area contributed by atoms with Crippen LogP contribution in [0.2, 0.25) is 0 Å². The van der Waals surface area contributed by atoms with E-state index in [9.17, 15) is 4.79 Å². The monoisotopic (exact) mass is 220 g/mol. The number of amides is 1. The Morgan fingerprint density at radius 1 is 1.44 bits per heavy atom. The Morgan fingerprint density at radius 2 is 2.12 bits per heavy atom. The van der Waals surface area contributed by atoms with Gasteiger partial charge in [0.25, 0.3) is 0 Å². The fraction of sp³-hybridized carbons (Fsp3) is 0.417. The van der Waals surface area contributed by atoms with Crippen molar-refractivity contribution in [2.45, 2.75) is 25.0 Å². The molecule has 1 saturated heterocycles. The lowest BCUT2D eigenvalue weighted by molar-refractivity contribution is 0.121. The normalized spacial score (nSPS) is 23.4. The molecular formula is C12H16N2O2. The zero-order chi connectivity index (χ0) is 11.5. The molecule has 0 aliphatic carbocycles. The van der Waals surface area contributed by atoms with E-state index in [1.807, 2.05) is 37.3 Å². The zero-order valence-corrected chi connectivity index (χ0v) is 9.22. The lowest BCUT2D eigenvalue weighted by Crippen LogP contribution is -2.41. The number of hydrogen-bond acceptors (Lipinski definition) is 3. The minimum atomic E-state index is -0.374. The van der Waals surface area contributed by atoms with Gasteiger partial charge in [-0.3, -0.25) is 0 Å². The molecule has 1 fully saturated rings. The Balaban J connectivity index is 2.04. The summed E-state index contributed by atoms with van der Waals surface area (Å²) in [4.78, 5) is 10.9. The Hall–Kier alpha value is -1.55. The van der Waals surface area contributed by atoms with E-state index in [4.69, 9.17) is 10.5 Å². The van der Waals surface area contributed by atoms with Crippen LogP contribution in [0.15, 0.2) is 30.3 Å². The van der Waals surface area contributed by atoms with E-state index < -0.39 is 0 Å². The lowest BCUT2D eigenvalue weighted by Gasteiger charge is -2.24. The highest BCUT2D eigenvalue weighted by Gasteiger charge is 2.32. The van der Waals surface area contributed by atoms with Crippen LogP contribution in [0.5, 0.6) is 0 Å². The van der Waals surface area contributed by atoms with Crippen molar-refractivity contribution in [3.8, 4) is 0 Å². The Bertz CT molecular complexity index is 367. The number of ether oxygens (including phenoxy) is 1. The van der Waals surface area contributed by atoms with Gasteiger partial charge in [0, 0.05) is 0 Å². The first-order valence-corrected chi connectivity index (χ1v) is 5.43. The van der Waals surface area contributed by atoms with Crippen molar-refractivity contribution >= 4 is 6.09 Å². The first-order valence-electron chi connectivity index (χ1n) is 5.43. The van der Waals surface area contributed by atoms with Gasteiger partial charge < -0.3 is 15.8 Å². The predicted octanol–water partition coefficient (Wildman–Crippen LogP) is 1.23. The fourth-order valence-electron chi connectivity index (χ4n) is 1.92. The summed E-state index contributed by atoms with van der Waals surface area (Å²) in [7, 11) is 0. The number of alkyl carbamates (subject to hydrolysis) is 1. The van der Waals surface area contributed by atoms with Crippen LogP contribution in [-0.4, -0.2) is 24.8 Å². The van der Waals surface area contributed by atoms with Crippen LogP contribution in [-0.2, 0) is 4.74 Å². The number of rotatable bonds is 3. The van der Waals surface area contributed by atoms with Crippen LogP contribution in [0.3, 0.4) is 0 Å². The maximum atomic E-state index is 10.9. The SMILES string of the molecule is C[C@@H](c1ccccc1)C(N)C1CNC(=O)O1. The van der Waals surface area contributed by atoms with E-state index in [-0.39, 0.29) is 24.2 Å². The van der Waals surface area contributed by atoms with Gasteiger partial charge in [-0.2, -0.15) is 0 Å². The van der Waals surface area contributed by atoms with Gasteiger partial charge in [0.15, 0.2) is 0 Å². The van der Waals surface area contributed by atoms with Crippen molar-refractivity contribution < 1.29 is 9.53 Å². The fourth-order valence-corrected chi connectivity index (χ4v) is 1.92. The molecule has 2 unspecified atom stereocenters. The van der Waals surface area contributed by atoms with Crippen LogP contribution in [0, 0.1) is 0 Å². The maximum absolute atomic E-state index is 10.9. The maximum Gasteiger partial charge on any atom is 0.407 e. The van der Waals surface area contributed by atoms with E-state index in [1.54, 1.807) is 0 Å². The molecule has 2 rings (SSSR count). The molecule has 0 aromatic heterocycles. The van der Waals surface area contributed by atoms with Crippen molar-refractivity contribution in [1.29, 1.82) is 0 Å². The molecule has 1 aromatic carbocycles. The molecule has 1 heterocycles. The number of benzene rings is 1. The number of nitrogens with one attached hydrogen (secondary N) is 1. The molecule has 3 atom stereocenters. The lowest BCUT2D eigenvalue weighted by atomic mass is 9.90. The molecule has 1 amide bonds. The highest BCUT2D eigenvalue weighted by Crippen LogP contribution is 2.21. The summed E-state index contributed by atoms with van der Waals surface area (Å²) < 4.78 is 5.09. The highest BCUT2D eigenvalue weighted by atomic mass is 16.6. The summed E-state index contributed by atoms with van der Waals surface area (Å²) in [6, 6.07) is 9.83. The molecule has 1 aliphatic heterocycles. The van der Waals surface area contributed by atoms with Gasteiger partial charge in [0.05, 0.1) is 12.6 Å². The summed E-state index contributed by atoms with van der Waals surface area (Å²) in [6.07, 6.45) is -0.608. The van der Waals surface area contributed by atoms with Gasteiger partial charge in [-0.05, 0) is 11.5 Å². The number of hydrogen-bond donors (Lipinski definition) is 2. The van der Waals surface area contributed by atoms with Crippen LogP contribution in [0.1, 0.15) is 18.4 Å². The summed E-state index contributed by atoms with van der Waals surface area (Å²) in [5.74, 6) is 0.166. The van der Waals surface area contributed by atoms with E-state index in [0.29, 0.717) is 6.54 Å².